The van der Waals surface area contributed by atoms with Gasteiger partial charge in [-0.1, -0.05) is 24.4 Å². The normalized spacial score (nSPS) is 16.2. The molecule has 1 saturated heterocycles. The van der Waals surface area contributed by atoms with Gasteiger partial charge in [0, 0.05) is 34.7 Å². The van der Waals surface area contributed by atoms with Crippen molar-refractivity contribution < 1.29 is 4.79 Å². The number of aromatic amines is 1. The van der Waals surface area contributed by atoms with Gasteiger partial charge in [-0.2, -0.15) is 0 Å². The summed E-state index contributed by atoms with van der Waals surface area (Å²) < 4.78 is 0. The molecule has 1 amide bonds. The van der Waals surface area contributed by atoms with E-state index in [-0.39, 0.29) is 5.91 Å². The van der Waals surface area contributed by atoms with Gasteiger partial charge in [0.15, 0.2) is 0 Å². The highest BCUT2D eigenvalue weighted by Crippen LogP contribution is 2.26. The smallest absolute Gasteiger partial charge is 0.227 e. The highest BCUT2D eigenvalue weighted by molar-refractivity contribution is 6.31. The van der Waals surface area contributed by atoms with Crippen LogP contribution in [-0.2, 0) is 11.2 Å². The maximum absolute atomic E-state index is 12.6. The molecule has 1 N–H and O–H groups in total. The number of carbonyl (C=O) groups excluding carboxylic acids is 1. The van der Waals surface area contributed by atoms with Gasteiger partial charge >= 0.3 is 0 Å². The second-order valence-electron chi connectivity index (χ2n) is 5.89. The third kappa shape index (κ3) is 3.08. The van der Waals surface area contributed by atoms with Gasteiger partial charge in [-0.3, -0.25) is 4.79 Å². The molecule has 4 heteroatoms. The van der Waals surface area contributed by atoms with Crippen molar-refractivity contribution in [3.63, 3.8) is 0 Å². The van der Waals surface area contributed by atoms with Gasteiger partial charge < -0.3 is 9.88 Å². The third-order valence-corrected chi connectivity index (χ3v) is 4.60. The van der Waals surface area contributed by atoms with Crippen molar-refractivity contribution >= 4 is 28.4 Å². The molecule has 2 heterocycles. The molecule has 1 aromatic carbocycles. The molecule has 0 aliphatic carbocycles. The number of nitrogens with zero attached hydrogens (tertiary/aromatic N) is 1. The first-order valence-corrected chi connectivity index (χ1v) is 8.07. The van der Waals surface area contributed by atoms with Gasteiger partial charge in [0.05, 0.1) is 6.42 Å². The van der Waals surface area contributed by atoms with Crippen LogP contribution in [0.1, 0.15) is 36.9 Å². The molecular weight excluding hydrogens is 284 g/mol. The molecule has 2 aromatic rings. The summed E-state index contributed by atoms with van der Waals surface area (Å²) in [5.74, 6) is 0.237. The van der Waals surface area contributed by atoms with E-state index in [1.807, 2.05) is 30.0 Å². The topological polar surface area (TPSA) is 36.1 Å². The molecular formula is C17H21ClN2O. The number of likely N-dealkylation sites (tertiary alicyclic amines) is 1. The minimum Gasteiger partial charge on any atom is -0.358 e. The van der Waals surface area contributed by atoms with Crippen LogP contribution in [0.3, 0.4) is 0 Å². The number of halogens is 1. The summed E-state index contributed by atoms with van der Waals surface area (Å²) in [4.78, 5) is 17.9. The summed E-state index contributed by atoms with van der Waals surface area (Å²) in [5.41, 5.74) is 3.20. The van der Waals surface area contributed by atoms with E-state index in [1.165, 1.54) is 12.8 Å². The van der Waals surface area contributed by atoms with E-state index in [0.717, 1.165) is 48.1 Å². The van der Waals surface area contributed by atoms with Crippen LogP contribution < -0.4 is 0 Å². The quantitative estimate of drug-likeness (QED) is 0.892. The van der Waals surface area contributed by atoms with Gasteiger partial charge in [0.1, 0.15) is 0 Å². The number of hydrogen-bond donors (Lipinski definition) is 1. The van der Waals surface area contributed by atoms with E-state index in [1.54, 1.807) is 0 Å². The molecule has 1 aliphatic rings. The van der Waals surface area contributed by atoms with Gasteiger partial charge in [-0.15, -0.1) is 0 Å². The third-order valence-electron chi connectivity index (χ3n) is 4.37. The number of carbonyl (C=O) groups is 1. The maximum Gasteiger partial charge on any atom is 0.227 e. The standard InChI is InChI=1S/C17H21ClN2O/c1-12-14(15-10-13(18)6-7-16(15)19-12)11-17(21)20-8-4-2-3-5-9-20/h6-7,10,19H,2-5,8-9,11H2,1H3. The summed E-state index contributed by atoms with van der Waals surface area (Å²) in [6.07, 6.45) is 5.21. The largest absolute Gasteiger partial charge is 0.358 e. The Balaban J connectivity index is 1.85. The van der Waals surface area contributed by atoms with E-state index in [4.69, 9.17) is 11.6 Å². The maximum atomic E-state index is 12.6. The lowest BCUT2D eigenvalue weighted by Crippen LogP contribution is -2.33. The molecule has 21 heavy (non-hydrogen) atoms. The summed E-state index contributed by atoms with van der Waals surface area (Å²) in [6, 6.07) is 5.80. The molecule has 3 rings (SSSR count). The van der Waals surface area contributed by atoms with Crippen molar-refractivity contribution in [3.05, 3.63) is 34.5 Å². The molecule has 1 aromatic heterocycles. The number of rotatable bonds is 2. The Hall–Kier alpha value is -1.48. The number of hydrogen-bond acceptors (Lipinski definition) is 1. The number of H-pyrrole nitrogens is 1. The molecule has 0 saturated carbocycles. The number of benzene rings is 1. The van der Waals surface area contributed by atoms with Crippen molar-refractivity contribution in [3.8, 4) is 0 Å². The Labute approximate surface area is 130 Å². The molecule has 0 spiro atoms. The fraction of sp³-hybridized carbons (Fsp3) is 0.471. The lowest BCUT2D eigenvalue weighted by Gasteiger charge is -2.20. The molecule has 0 unspecified atom stereocenters. The summed E-state index contributed by atoms with van der Waals surface area (Å²) >= 11 is 6.10. The highest BCUT2D eigenvalue weighted by atomic mass is 35.5. The van der Waals surface area contributed by atoms with E-state index in [2.05, 4.69) is 4.98 Å². The first-order valence-electron chi connectivity index (χ1n) is 7.69. The molecule has 0 radical (unpaired) electrons. The Morgan fingerprint density at radius 2 is 1.95 bits per heavy atom. The Morgan fingerprint density at radius 1 is 1.24 bits per heavy atom. The SMILES string of the molecule is Cc1[nH]c2ccc(Cl)cc2c1CC(=O)N1CCCCCC1. The zero-order valence-electron chi connectivity index (χ0n) is 12.4. The van der Waals surface area contributed by atoms with Crippen molar-refractivity contribution in [1.29, 1.82) is 0 Å². The average molecular weight is 305 g/mol. The van der Waals surface area contributed by atoms with Gasteiger partial charge in [0.2, 0.25) is 5.91 Å². The van der Waals surface area contributed by atoms with E-state index >= 15 is 0 Å². The van der Waals surface area contributed by atoms with Crippen LogP contribution in [0.4, 0.5) is 0 Å². The summed E-state index contributed by atoms with van der Waals surface area (Å²) in [7, 11) is 0. The van der Waals surface area contributed by atoms with Crippen LogP contribution in [0.15, 0.2) is 18.2 Å². The van der Waals surface area contributed by atoms with Gasteiger partial charge in [-0.25, -0.2) is 0 Å². The fourth-order valence-electron chi connectivity index (χ4n) is 3.17. The van der Waals surface area contributed by atoms with Crippen LogP contribution in [0.5, 0.6) is 0 Å². The lowest BCUT2D eigenvalue weighted by atomic mass is 10.1. The Kier molecular flexibility index (Phi) is 4.20. The first-order chi connectivity index (χ1) is 10.1. The van der Waals surface area contributed by atoms with Crippen LogP contribution in [0.25, 0.3) is 10.9 Å². The molecule has 0 atom stereocenters. The van der Waals surface area contributed by atoms with Crippen molar-refractivity contribution in [2.45, 2.75) is 39.0 Å². The number of aromatic nitrogens is 1. The van der Waals surface area contributed by atoms with Crippen LogP contribution in [-0.4, -0.2) is 28.9 Å². The van der Waals surface area contributed by atoms with Gasteiger partial charge in [-0.05, 0) is 43.5 Å². The van der Waals surface area contributed by atoms with Crippen molar-refractivity contribution in [1.82, 2.24) is 9.88 Å². The minimum atomic E-state index is 0.237. The second kappa shape index (κ2) is 6.10. The lowest BCUT2D eigenvalue weighted by molar-refractivity contribution is -0.130. The summed E-state index contributed by atoms with van der Waals surface area (Å²) in [6.45, 7) is 3.83. The van der Waals surface area contributed by atoms with E-state index in [9.17, 15) is 4.79 Å². The van der Waals surface area contributed by atoms with Gasteiger partial charge in [0.25, 0.3) is 0 Å². The Morgan fingerprint density at radius 3 is 2.67 bits per heavy atom. The van der Waals surface area contributed by atoms with E-state index < -0.39 is 0 Å². The molecule has 0 bridgehead atoms. The minimum absolute atomic E-state index is 0.237. The average Bonchev–Trinajstić information content (AvgIpc) is 2.68. The predicted octanol–water partition coefficient (Wildman–Crippen LogP) is 4.07. The van der Waals surface area contributed by atoms with Crippen LogP contribution >= 0.6 is 11.6 Å². The molecule has 112 valence electrons. The molecule has 1 fully saturated rings. The molecule has 1 aliphatic heterocycles. The second-order valence-corrected chi connectivity index (χ2v) is 6.33. The number of nitrogens with one attached hydrogen (secondary N) is 1. The zero-order valence-corrected chi connectivity index (χ0v) is 13.2. The summed E-state index contributed by atoms with van der Waals surface area (Å²) in [5, 5.41) is 1.79. The zero-order chi connectivity index (χ0) is 14.8. The number of fused-ring (bicyclic) bond motifs is 1. The van der Waals surface area contributed by atoms with E-state index in [0.29, 0.717) is 11.4 Å². The molecule has 3 nitrogen and oxygen atoms in total. The van der Waals surface area contributed by atoms with Crippen LogP contribution in [0, 0.1) is 6.92 Å². The number of aryl methyl sites for hydroxylation is 1. The van der Waals surface area contributed by atoms with Crippen LogP contribution in [0.2, 0.25) is 5.02 Å². The van der Waals surface area contributed by atoms with Crippen molar-refractivity contribution in [2.75, 3.05) is 13.1 Å². The number of amides is 1. The first kappa shape index (κ1) is 14.5. The predicted molar refractivity (Wildman–Crippen MR) is 86.8 cm³/mol. The fourth-order valence-corrected chi connectivity index (χ4v) is 3.34. The Bertz CT molecular complexity index is 654. The highest BCUT2D eigenvalue weighted by Gasteiger charge is 2.19. The van der Waals surface area contributed by atoms with Crippen molar-refractivity contribution in [2.24, 2.45) is 0 Å². The monoisotopic (exact) mass is 304 g/mol.